The average molecular weight is 513 g/mol. The molecule has 1 aromatic carbocycles. The summed E-state index contributed by atoms with van der Waals surface area (Å²) in [6.45, 7) is 2.40. The van der Waals surface area contributed by atoms with Crippen LogP contribution < -0.4 is 0 Å². The van der Waals surface area contributed by atoms with E-state index in [-0.39, 0.29) is 36.4 Å². The van der Waals surface area contributed by atoms with E-state index < -0.39 is 5.97 Å². The molecule has 0 radical (unpaired) electrons. The third-order valence-corrected chi connectivity index (χ3v) is 9.16. The summed E-state index contributed by atoms with van der Waals surface area (Å²) in [6.07, 6.45) is 8.96. The lowest BCUT2D eigenvalue weighted by Gasteiger charge is -2.31. The van der Waals surface area contributed by atoms with Crippen LogP contribution in [-0.4, -0.2) is 50.6 Å². The summed E-state index contributed by atoms with van der Waals surface area (Å²) in [5.41, 5.74) is 2.87. The lowest BCUT2D eigenvalue weighted by Crippen LogP contribution is -2.36. The molecule has 2 amide bonds. The predicted molar refractivity (Wildman–Crippen MR) is 139 cm³/mol. The topological polar surface area (TPSA) is 66.9 Å². The van der Waals surface area contributed by atoms with Gasteiger partial charge in [0, 0.05) is 24.1 Å². The summed E-state index contributed by atoms with van der Waals surface area (Å²) in [5, 5.41) is 0. The molecule has 1 aromatic rings. The van der Waals surface area contributed by atoms with Gasteiger partial charge < -0.3 is 9.64 Å². The standard InChI is InChI=1S/C27H32N2O4S2/c1-17-11-13-18(14-12-17)15-28-21-10-6-5-9-20(21)23(25(28)31)24-26(32)29(27(34)35-24)16-22(30)33-19-7-3-2-4-8-19/h11-14,19-21H,2-10,15-16H2,1H3. The van der Waals surface area contributed by atoms with Gasteiger partial charge in [0.1, 0.15) is 17.0 Å². The summed E-state index contributed by atoms with van der Waals surface area (Å²) in [6, 6.07) is 8.36. The molecule has 2 saturated carbocycles. The number of aryl methyl sites for hydroxylation is 1. The van der Waals surface area contributed by atoms with E-state index in [1.807, 2.05) is 11.8 Å². The summed E-state index contributed by atoms with van der Waals surface area (Å²) in [7, 11) is 0. The summed E-state index contributed by atoms with van der Waals surface area (Å²) >= 11 is 6.66. The van der Waals surface area contributed by atoms with Crippen LogP contribution in [-0.2, 0) is 25.7 Å². The number of rotatable bonds is 5. The van der Waals surface area contributed by atoms with Crippen molar-refractivity contribution in [2.75, 3.05) is 6.54 Å². The van der Waals surface area contributed by atoms with Crippen LogP contribution in [0.1, 0.15) is 68.9 Å². The second-order valence-corrected chi connectivity index (χ2v) is 11.8. The number of benzene rings is 1. The maximum atomic E-state index is 13.7. The van der Waals surface area contributed by atoms with Crippen molar-refractivity contribution < 1.29 is 19.1 Å². The summed E-state index contributed by atoms with van der Waals surface area (Å²) in [5.74, 6) is -0.781. The highest BCUT2D eigenvalue weighted by Gasteiger charge is 2.49. The number of hydrogen-bond donors (Lipinski definition) is 0. The zero-order valence-electron chi connectivity index (χ0n) is 20.2. The van der Waals surface area contributed by atoms with Crippen molar-refractivity contribution in [3.8, 4) is 0 Å². The molecule has 2 aliphatic carbocycles. The van der Waals surface area contributed by atoms with Gasteiger partial charge in [-0.05, 0) is 51.0 Å². The van der Waals surface area contributed by atoms with Crippen molar-refractivity contribution in [1.29, 1.82) is 0 Å². The molecule has 4 fully saturated rings. The zero-order chi connectivity index (χ0) is 24.5. The first-order valence-corrected chi connectivity index (χ1v) is 14.0. The maximum Gasteiger partial charge on any atom is 0.326 e. The monoisotopic (exact) mass is 512 g/mol. The quantitative estimate of drug-likeness (QED) is 0.318. The average Bonchev–Trinajstić information content (AvgIpc) is 3.28. The molecule has 0 spiro atoms. The van der Waals surface area contributed by atoms with Crippen LogP contribution in [0.5, 0.6) is 0 Å². The van der Waals surface area contributed by atoms with E-state index in [0.717, 1.165) is 56.9 Å². The predicted octanol–water partition coefficient (Wildman–Crippen LogP) is 4.89. The van der Waals surface area contributed by atoms with Crippen LogP contribution in [0, 0.1) is 12.8 Å². The number of nitrogens with zero attached hydrogens (tertiary/aromatic N) is 2. The number of ether oxygens (including phenoxy) is 1. The first-order chi connectivity index (χ1) is 16.9. The van der Waals surface area contributed by atoms with Crippen LogP contribution in [0.15, 0.2) is 34.7 Å². The van der Waals surface area contributed by atoms with Crippen molar-refractivity contribution in [1.82, 2.24) is 9.80 Å². The first-order valence-electron chi connectivity index (χ1n) is 12.8. The third kappa shape index (κ3) is 5.05. The van der Waals surface area contributed by atoms with Gasteiger partial charge in [-0.1, -0.05) is 73.1 Å². The Labute approximate surface area is 216 Å². The van der Waals surface area contributed by atoms with Crippen LogP contribution in [0.4, 0.5) is 0 Å². The number of thiocarbonyl (C=S) groups is 1. The Morgan fingerprint density at radius 3 is 2.43 bits per heavy atom. The van der Waals surface area contributed by atoms with Crippen molar-refractivity contribution in [2.45, 2.75) is 83.4 Å². The highest BCUT2D eigenvalue weighted by Crippen LogP contribution is 2.46. The maximum absolute atomic E-state index is 13.7. The van der Waals surface area contributed by atoms with Gasteiger partial charge in [-0.3, -0.25) is 19.3 Å². The first kappa shape index (κ1) is 24.5. The number of amides is 2. The van der Waals surface area contributed by atoms with Gasteiger partial charge >= 0.3 is 5.97 Å². The molecule has 4 aliphatic rings. The molecule has 186 valence electrons. The molecule has 2 unspecified atom stereocenters. The van der Waals surface area contributed by atoms with Gasteiger partial charge in [0.2, 0.25) is 0 Å². The van der Waals surface area contributed by atoms with Crippen molar-refractivity contribution >= 4 is 46.1 Å². The van der Waals surface area contributed by atoms with E-state index in [9.17, 15) is 14.4 Å². The lowest BCUT2D eigenvalue weighted by atomic mass is 9.82. The van der Waals surface area contributed by atoms with Crippen molar-refractivity contribution in [2.24, 2.45) is 5.92 Å². The second kappa shape index (κ2) is 10.4. The Morgan fingerprint density at radius 1 is 1.00 bits per heavy atom. The number of carbonyl (C=O) groups excluding carboxylic acids is 3. The number of likely N-dealkylation sites (tertiary alicyclic amines) is 1. The Bertz CT molecular complexity index is 1060. The Balaban J connectivity index is 1.35. The van der Waals surface area contributed by atoms with E-state index in [4.69, 9.17) is 17.0 Å². The van der Waals surface area contributed by atoms with E-state index in [2.05, 4.69) is 24.3 Å². The minimum atomic E-state index is -0.422. The minimum Gasteiger partial charge on any atom is -0.461 e. The Hall–Kier alpha value is -2.19. The van der Waals surface area contributed by atoms with Crippen molar-refractivity contribution in [3.05, 3.63) is 45.9 Å². The smallest absolute Gasteiger partial charge is 0.326 e. The number of fused-ring (bicyclic) bond motifs is 1. The van der Waals surface area contributed by atoms with Gasteiger partial charge in [-0.25, -0.2) is 0 Å². The Kier molecular flexibility index (Phi) is 7.30. The second-order valence-electron chi connectivity index (χ2n) is 10.1. The van der Waals surface area contributed by atoms with E-state index >= 15 is 0 Å². The van der Waals surface area contributed by atoms with Gasteiger partial charge in [0.25, 0.3) is 11.8 Å². The zero-order valence-corrected chi connectivity index (χ0v) is 21.8. The molecular formula is C27H32N2O4S2. The fourth-order valence-corrected chi connectivity index (χ4v) is 7.24. The largest absolute Gasteiger partial charge is 0.461 e. The highest BCUT2D eigenvalue weighted by molar-refractivity contribution is 8.26. The normalized spacial score (nSPS) is 27.5. The van der Waals surface area contributed by atoms with E-state index in [1.54, 1.807) is 0 Å². The summed E-state index contributed by atoms with van der Waals surface area (Å²) in [4.78, 5) is 43.4. The van der Waals surface area contributed by atoms with Crippen LogP contribution >= 0.6 is 24.0 Å². The number of carbonyl (C=O) groups is 3. The number of thioether (sulfide) groups is 1. The van der Waals surface area contributed by atoms with Crippen LogP contribution in [0.3, 0.4) is 0 Å². The molecule has 2 aliphatic heterocycles. The summed E-state index contributed by atoms with van der Waals surface area (Å²) < 4.78 is 5.95. The van der Waals surface area contributed by atoms with E-state index in [1.165, 1.54) is 28.6 Å². The Morgan fingerprint density at radius 2 is 1.69 bits per heavy atom. The van der Waals surface area contributed by atoms with Crippen molar-refractivity contribution in [3.63, 3.8) is 0 Å². The lowest BCUT2D eigenvalue weighted by molar-refractivity contribution is -0.152. The highest BCUT2D eigenvalue weighted by atomic mass is 32.2. The molecule has 2 atom stereocenters. The van der Waals surface area contributed by atoms with Gasteiger partial charge in [0.05, 0.1) is 4.91 Å². The van der Waals surface area contributed by atoms with Gasteiger partial charge in [-0.15, -0.1) is 0 Å². The SMILES string of the molecule is Cc1ccc(CN2C(=O)C(=C3SC(=S)N(CC(=O)OC4CCCCC4)C3=O)C3CCCCC32)cc1. The van der Waals surface area contributed by atoms with Crippen LogP contribution in [0.25, 0.3) is 0 Å². The fourth-order valence-electron chi connectivity index (χ4n) is 5.86. The molecule has 0 aromatic heterocycles. The third-order valence-electron chi connectivity index (χ3n) is 7.70. The molecule has 0 bridgehead atoms. The van der Waals surface area contributed by atoms with Gasteiger partial charge in [0.15, 0.2) is 0 Å². The number of esters is 1. The molecule has 2 saturated heterocycles. The number of hydrogen-bond acceptors (Lipinski definition) is 6. The molecule has 6 nitrogen and oxygen atoms in total. The molecule has 0 N–H and O–H groups in total. The molecule has 5 rings (SSSR count). The minimum absolute atomic E-state index is 0.0325. The van der Waals surface area contributed by atoms with Crippen LogP contribution in [0.2, 0.25) is 0 Å². The molecule has 35 heavy (non-hydrogen) atoms. The molecule has 2 heterocycles. The molecule has 8 heteroatoms. The van der Waals surface area contributed by atoms with E-state index in [0.29, 0.717) is 21.3 Å². The van der Waals surface area contributed by atoms with Gasteiger partial charge in [-0.2, -0.15) is 0 Å². The molecular weight excluding hydrogens is 480 g/mol. The fraction of sp³-hybridized carbons (Fsp3) is 0.556.